The first-order valence-electron chi connectivity index (χ1n) is 9.31. The van der Waals surface area contributed by atoms with Crippen LogP contribution in [0.4, 0.5) is 57.1 Å². The topological polar surface area (TPSA) is 48.8 Å². The van der Waals surface area contributed by atoms with Crippen LogP contribution in [0, 0.1) is 0 Å². The van der Waals surface area contributed by atoms with E-state index in [0.29, 0.717) is 32.1 Å². The Labute approximate surface area is 193 Å². The maximum absolute atomic E-state index is 13.8. The molecular weight excluding hydrogens is 608 g/mol. The van der Waals surface area contributed by atoms with Gasteiger partial charge in [-0.2, -0.15) is 57.1 Å². The highest BCUT2D eigenvalue weighted by Gasteiger charge is 2.90. The van der Waals surface area contributed by atoms with Crippen molar-refractivity contribution in [3.63, 3.8) is 0 Å². The van der Waals surface area contributed by atoms with Gasteiger partial charge in [-0.05, 0) is 18.4 Å². The van der Waals surface area contributed by atoms with Crippen molar-refractivity contribution in [2.24, 2.45) is 5.11 Å². The van der Waals surface area contributed by atoms with Crippen molar-refractivity contribution in [1.82, 2.24) is 0 Å². The minimum atomic E-state index is -7.86. The lowest BCUT2D eigenvalue weighted by molar-refractivity contribution is -0.440. The molecule has 0 saturated carbocycles. The highest BCUT2D eigenvalue weighted by atomic mass is 127. The van der Waals surface area contributed by atoms with E-state index in [1.165, 1.54) is 0 Å². The molecule has 0 radical (unpaired) electrons. The molecule has 0 heterocycles. The molecule has 0 aliphatic carbocycles. The van der Waals surface area contributed by atoms with Crippen LogP contribution in [0.5, 0.6) is 0 Å². The number of azide groups is 1. The largest absolute Gasteiger partial charge is 0.460 e. The first kappa shape index (κ1) is 32.1. The van der Waals surface area contributed by atoms with Crippen molar-refractivity contribution in [2.45, 2.75) is 91.1 Å². The van der Waals surface area contributed by atoms with Gasteiger partial charge in [-0.3, -0.25) is 0 Å². The van der Waals surface area contributed by atoms with Gasteiger partial charge in [0.25, 0.3) is 0 Å². The third-order valence-electron chi connectivity index (χ3n) is 4.56. The fraction of sp³-hybridized carbons (Fsp3) is 1.00. The molecule has 0 rings (SSSR count). The standard InChI is InChI=1S/C16H19F13IN3/c17-11(18,9-10(30)7-5-3-1-2-4-6-8-32-33-31)12(19,20)13(21,22)14(23,24)15(25,26)16(27,28)29/h10H,1-9H2. The second kappa shape index (κ2) is 11.7. The van der Waals surface area contributed by atoms with Gasteiger partial charge in [0.1, 0.15) is 0 Å². The summed E-state index contributed by atoms with van der Waals surface area (Å²) in [7, 11) is 0. The van der Waals surface area contributed by atoms with E-state index in [4.69, 9.17) is 5.53 Å². The molecule has 17 heteroatoms. The zero-order chi connectivity index (χ0) is 26.4. The van der Waals surface area contributed by atoms with Gasteiger partial charge < -0.3 is 0 Å². The molecule has 0 aliphatic rings. The first-order chi connectivity index (χ1) is 14.7. The minimum absolute atomic E-state index is 0.143. The van der Waals surface area contributed by atoms with Crippen LogP contribution in [0.25, 0.3) is 10.4 Å². The van der Waals surface area contributed by atoms with Crippen molar-refractivity contribution in [3.05, 3.63) is 10.4 Å². The zero-order valence-electron chi connectivity index (χ0n) is 16.6. The number of hydrogen-bond donors (Lipinski definition) is 0. The maximum atomic E-state index is 13.8. The third kappa shape index (κ3) is 7.31. The maximum Gasteiger partial charge on any atom is 0.460 e. The van der Waals surface area contributed by atoms with E-state index in [9.17, 15) is 57.1 Å². The highest BCUT2D eigenvalue weighted by molar-refractivity contribution is 14.1. The van der Waals surface area contributed by atoms with Crippen LogP contribution in [0.3, 0.4) is 0 Å². The van der Waals surface area contributed by atoms with Crippen LogP contribution in [0.15, 0.2) is 5.11 Å². The molecule has 0 aromatic rings. The van der Waals surface area contributed by atoms with Crippen molar-refractivity contribution >= 4 is 22.6 Å². The van der Waals surface area contributed by atoms with E-state index in [-0.39, 0.29) is 19.4 Å². The lowest BCUT2D eigenvalue weighted by atomic mass is 9.91. The smallest absolute Gasteiger partial charge is 0.200 e. The molecule has 0 aromatic carbocycles. The number of hydrogen-bond acceptors (Lipinski definition) is 1. The Morgan fingerprint density at radius 2 is 1.06 bits per heavy atom. The summed E-state index contributed by atoms with van der Waals surface area (Å²) in [5.41, 5.74) is 8.07. The van der Waals surface area contributed by atoms with Gasteiger partial charge in [-0.15, -0.1) is 0 Å². The third-order valence-corrected chi connectivity index (χ3v) is 5.63. The quantitative estimate of drug-likeness (QED) is 0.0331. The molecule has 1 atom stereocenters. The van der Waals surface area contributed by atoms with Gasteiger partial charge in [-0.25, -0.2) is 0 Å². The summed E-state index contributed by atoms with van der Waals surface area (Å²) < 4.78 is 168. The Bertz CT molecular complexity index is 661. The summed E-state index contributed by atoms with van der Waals surface area (Å²) in [4.78, 5) is 2.53. The van der Waals surface area contributed by atoms with E-state index >= 15 is 0 Å². The molecule has 1 unspecified atom stereocenters. The van der Waals surface area contributed by atoms with Crippen LogP contribution in [-0.4, -0.2) is 46.3 Å². The normalized spacial score (nSPS) is 15.3. The Balaban J connectivity index is 5.08. The average molecular weight is 627 g/mol. The van der Waals surface area contributed by atoms with Gasteiger partial charge in [0.05, 0.1) is 0 Å². The van der Waals surface area contributed by atoms with E-state index in [1.807, 2.05) is 0 Å². The Morgan fingerprint density at radius 1 is 0.636 bits per heavy atom. The molecule has 0 N–H and O–H groups in total. The van der Waals surface area contributed by atoms with Crippen molar-refractivity contribution < 1.29 is 57.1 Å². The van der Waals surface area contributed by atoms with Crippen LogP contribution in [-0.2, 0) is 0 Å². The van der Waals surface area contributed by atoms with Gasteiger partial charge in [0, 0.05) is 21.8 Å². The van der Waals surface area contributed by atoms with Gasteiger partial charge in [-0.1, -0.05) is 59.8 Å². The highest BCUT2D eigenvalue weighted by Crippen LogP contribution is 2.61. The van der Waals surface area contributed by atoms with Crippen LogP contribution in [0.1, 0.15) is 51.4 Å². The molecule has 0 amide bonds. The van der Waals surface area contributed by atoms with E-state index < -0.39 is 46.1 Å². The SMILES string of the molecule is [N-]=[N+]=NCCCCCCCCC(I)CC(F)(F)C(F)(F)C(F)(F)C(F)(F)C(F)(F)C(F)(F)F. The van der Waals surface area contributed by atoms with Crippen molar-refractivity contribution in [2.75, 3.05) is 6.54 Å². The van der Waals surface area contributed by atoms with Gasteiger partial charge >= 0.3 is 35.8 Å². The fourth-order valence-corrected chi connectivity index (χ4v) is 3.60. The first-order valence-corrected chi connectivity index (χ1v) is 10.6. The second-order valence-corrected chi connectivity index (χ2v) is 8.93. The lowest BCUT2D eigenvalue weighted by Gasteiger charge is -2.40. The monoisotopic (exact) mass is 627 g/mol. The Kier molecular flexibility index (Phi) is 11.4. The molecule has 196 valence electrons. The van der Waals surface area contributed by atoms with Crippen LogP contribution >= 0.6 is 22.6 Å². The number of unbranched alkanes of at least 4 members (excludes halogenated alkanes) is 5. The summed E-state index contributed by atoms with van der Waals surface area (Å²) in [6.45, 7) is 0.272. The van der Waals surface area contributed by atoms with Gasteiger partial charge in [0.15, 0.2) is 0 Å². The van der Waals surface area contributed by atoms with Crippen LogP contribution in [0.2, 0.25) is 0 Å². The number of rotatable bonds is 15. The fourth-order valence-electron chi connectivity index (χ4n) is 2.61. The molecule has 0 fully saturated rings. The van der Waals surface area contributed by atoms with E-state index in [2.05, 4.69) is 10.0 Å². The van der Waals surface area contributed by atoms with E-state index in [0.717, 1.165) is 22.6 Å². The molecule has 33 heavy (non-hydrogen) atoms. The van der Waals surface area contributed by atoms with E-state index in [1.54, 1.807) is 0 Å². The molecular formula is C16H19F13IN3. The van der Waals surface area contributed by atoms with Crippen molar-refractivity contribution in [3.8, 4) is 0 Å². The zero-order valence-corrected chi connectivity index (χ0v) is 18.7. The molecule has 0 spiro atoms. The second-order valence-electron chi connectivity index (χ2n) is 7.17. The average Bonchev–Trinajstić information content (AvgIpc) is 2.64. The number of halogens is 14. The number of alkyl halides is 14. The summed E-state index contributed by atoms with van der Waals surface area (Å²) in [6.07, 6.45) is -6.81. The summed E-state index contributed by atoms with van der Waals surface area (Å²) in [5.74, 6) is -36.5. The Hall–Kier alpha value is -0.870. The minimum Gasteiger partial charge on any atom is -0.200 e. The number of nitrogens with zero attached hydrogens (tertiary/aromatic N) is 3. The lowest BCUT2D eigenvalue weighted by Crippen LogP contribution is -2.70. The molecule has 0 saturated heterocycles. The summed E-state index contributed by atoms with van der Waals surface area (Å²) in [6, 6.07) is 0. The molecule has 3 nitrogen and oxygen atoms in total. The van der Waals surface area contributed by atoms with Crippen LogP contribution < -0.4 is 0 Å². The molecule has 0 aromatic heterocycles. The molecule has 0 bridgehead atoms. The molecule has 0 aliphatic heterocycles. The predicted molar refractivity (Wildman–Crippen MR) is 99.5 cm³/mol. The predicted octanol–water partition coefficient (Wildman–Crippen LogP) is 8.96. The van der Waals surface area contributed by atoms with Gasteiger partial charge in [0.2, 0.25) is 0 Å². The summed E-state index contributed by atoms with van der Waals surface area (Å²) >= 11 is 1.15. The van der Waals surface area contributed by atoms with Crippen molar-refractivity contribution in [1.29, 1.82) is 0 Å². The summed E-state index contributed by atoms with van der Waals surface area (Å²) in [5, 5.41) is 3.29. The Morgan fingerprint density at radius 3 is 1.52 bits per heavy atom.